The molecule has 0 spiro atoms. The first-order valence-corrected chi connectivity index (χ1v) is 8.00. The first-order chi connectivity index (χ1) is 10.2. The van der Waals surface area contributed by atoms with Crippen LogP contribution in [-0.2, 0) is 0 Å². The lowest BCUT2D eigenvalue weighted by Crippen LogP contribution is -2.29. The Morgan fingerprint density at radius 2 is 2.00 bits per heavy atom. The highest BCUT2D eigenvalue weighted by molar-refractivity contribution is 9.10. The van der Waals surface area contributed by atoms with Crippen molar-refractivity contribution in [3.8, 4) is 0 Å². The second-order valence-electron chi connectivity index (χ2n) is 5.73. The van der Waals surface area contributed by atoms with E-state index >= 15 is 0 Å². The van der Waals surface area contributed by atoms with E-state index in [1.807, 2.05) is 12.1 Å². The lowest BCUT2D eigenvalue weighted by atomic mass is 9.77. The van der Waals surface area contributed by atoms with E-state index in [0.29, 0.717) is 11.8 Å². The van der Waals surface area contributed by atoms with Crippen LogP contribution in [0.3, 0.4) is 0 Å². The lowest BCUT2D eigenvalue weighted by Gasteiger charge is -2.38. The van der Waals surface area contributed by atoms with Crippen LogP contribution in [0, 0.1) is 11.7 Å². The van der Waals surface area contributed by atoms with Crippen molar-refractivity contribution in [3.05, 3.63) is 76.0 Å². The van der Waals surface area contributed by atoms with E-state index in [1.54, 1.807) is 12.1 Å². The maximum atomic E-state index is 13.6. The molecule has 0 saturated carbocycles. The van der Waals surface area contributed by atoms with Crippen molar-refractivity contribution >= 4 is 21.6 Å². The van der Waals surface area contributed by atoms with E-state index in [9.17, 15) is 4.39 Å². The largest absolute Gasteiger partial charge is 0.377 e. The minimum atomic E-state index is -0.172. The molecular formula is C18H15BrFN. The molecule has 2 aromatic rings. The van der Waals surface area contributed by atoms with E-state index in [2.05, 4.69) is 45.5 Å². The number of hydrogen-bond acceptors (Lipinski definition) is 1. The Bertz CT molecular complexity index is 725. The fraction of sp³-hybridized carbons (Fsp3) is 0.222. The van der Waals surface area contributed by atoms with Crippen LogP contribution in [0.5, 0.6) is 0 Å². The number of hydrogen-bond donors (Lipinski definition) is 1. The molecule has 0 unspecified atom stereocenters. The van der Waals surface area contributed by atoms with Crippen molar-refractivity contribution in [3.63, 3.8) is 0 Å². The highest BCUT2D eigenvalue weighted by atomic mass is 79.9. The molecule has 1 aliphatic heterocycles. The molecule has 4 rings (SSSR count). The average Bonchev–Trinajstić information content (AvgIpc) is 2.96. The molecule has 3 heteroatoms. The average molecular weight is 344 g/mol. The third-order valence-electron chi connectivity index (χ3n) is 4.55. The van der Waals surface area contributed by atoms with Crippen molar-refractivity contribution in [1.29, 1.82) is 0 Å². The Hall–Kier alpha value is -1.61. The molecule has 0 amide bonds. The molecule has 2 aliphatic rings. The second kappa shape index (κ2) is 4.99. The Morgan fingerprint density at radius 3 is 2.86 bits per heavy atom. The molecule has 0 fully saturated rings. The van der Waals surface area contributed by atoms with E-state index in [1.165, 1.54) is 11.6 Å². The summed E-state index contributed by atoms with van der Waals surface area (Å²) in [5.41, 5.74) is 3.49. The quantitative estimate of drug-likeness (QED) is 0.682. The zero-order valence-corrected chi connectivity index (χ0v) is 13.0. The summed E-state index contributed by atoms with van der Waals surface area (Å²) in [6.07, 6.45) is 5.58. The summed E-state index contributed by atoms with van der Waals surface area (Å²) in [5.74, 6) is 0.690. The summed E-state index contributed by atoms with van der Waals surface area (Å²) < 4.78 is 14.7. The van der Waals surface area contributed by atoms with Gasteiger partial charge in [-0.25, -0.2) is 4.39 Å². The van der Waals surface area contributed by atoms with Gasteiger partial charge in [-0.1, -0.05) is 36.4 Å². The summed E-state index contributed by atoms with van der Waals surface area (Å²) in [4.78, 5) is 0. The van der Waals surface area contributed by atoms with Crippen LogP contribution in [0.4, 0.5) is 10.1 Å². The molecule has 106 valence electrons. The molecule has 1 heterocycles. The van der Waals surface area contributed by atoms with Crippen LogP contribution in [0.25, 0.3) is 0 Å². The maximum absolute atomic E-state index is 13.6. The van der Waals surface area contributed by atoms with Crippen molar-refractivity contribution < 1.29 is 4.39 Å². The van der Waals surface area contributed by atoms with Crippen LogP contribution in [-0.4, -0.2) is 0 Å². The number of halogens is 2. The molecule has 0 saturated heterocycles. The number of fused-ring (bicyclic) bond motifs is 3. The molecule has 3 atom stereocenters. The van der Waals surface area contributed by atoms with Crippen LogP contribution in [0.2, 0.25) is 0 Å². The number of anilines is 1. The van der Waals surface area contributed by atoms with E-state index in [4.69, 9.17) is 0 Å². The summed E-state index contributed by atoms with van der Waals surface area (Å²) in [5, 5.41) is 3.63. The van der Waals surface area contributed by atoms with Crippen LogP contribution in [0.1, 0.15) is 29.5 Å². The summed E-state index contributed by atoms with van der Waals surface area (Å²) in [6.45, 7) is 0. The smallest absolute Gasteiger partial charge is 0.123 e. The highest BCUT2D eigenvalue weighted by Crippen LogP contribution is 2.51. The highest BCUT2D eigenvalue weighted by Gasteiger charge is 2.38. The topological polar surface area (TPSA) is 12.0 Å². The molecule has 1 aliphatic carbocycles. The molecule has 0 bridgehead atoms. The Labute approximate surface area is 132 Å². The minimum Gasteiger partial charge on any atom is -0.377 e. The van der Waals surface area contributed by atoms with Crippen molar-refractivity contribution in [2.75, 3.05) is 5.32 Å². The van der Waals surface area contributed by atoms with Crippen molar-refractivity contribution in [2.45, 2.75) is 18.4 Å². The normalized spacial score (nSPS) is 26.1. The molecule has 1 nitrogen and oxygen atoms in total. The van der Waals surface area contributed by atoms with E-state index in [-0.39, 0.29) is 11.9 Å². The fourth-order valence-corrected chi connectivity index (χ4v) is 4.11. The van der Waals surface area contributed by atoms with Gasteiger partial charge in [0.15, 0.2) is 0 Å². The zero-order chi connectivity index (χ0) is 14.4. The third-order valence-corrected chi connectivity index (χ3v) is 5.21. The van der Waals surface area contributed by atoms with Gasteiger partial charge in [0.2, 0.25) is 0 Å². The van der Waals surface area contributed by atoms with Gasteiger partial charge in [-0.3, -0.25) is 0 Å². The first kappa shape index (κ1) is 13.1. The summed E-state index contributed by atoms with van der Waals surface area (Å²) in [6, 6.07) is 13.4. The lowest BCUT2D eigenvalue weighted by molar-refractivity contribution is 0.424. The van der Waals surface area contributed by atoms with E-state index < -0.39 is 0 Å². The summed E-state index contributed by atoms with van der Waals surface area (Å²) >= 11 is 3.63. The van der Waals surface area contributed by atoms with Gasteiger partial charge in [0.05, 0.1) is 11.7 Å². The van der Waals surface area contributed by atoms with Gasteiger partial charge in [-0.05, 0) is 57.6 Å². The number of para-hydroxylation sites is 1. The maximum Gasteiger partial charge on any atom is 0.123 e. The van der Waals surface area contributed by atoms with Gasteiger partial charge in [0.25, 0.3) is 0 Å². The van der Waals surface area contributed by atoms with Gasteiger partial charge in [-0.15, -0.1) is 0 Å². The molecular weight excluding hydrogens is 329 g/mol. The van der Waals surface area contributed by atoms with Crippen LogP contribution >= 0.6 is 15.9 Å². The number of allylic oxidation sites excluding steroid dienone is 2. The predicted molar refractivity (Wildman–Crippen MR) is 86.9 cm³/mol. The SMILES string of the molecule is Fc1cccc([C@@H]2Nc3c(Br)cccc3[C@@H]3C=CC[C@H]32)c1. The predicted octanol–water partition coefficient (Wildman–Crippen LogP) is 5.41. The molecule has 0 radical (unpaired) electrons. The second-order valence-corrected chi connectivity index (χ2v) is 6.59. The Kier molecular flexibility index (Phi) is 3.11. The monoisotopic (exact) mass is 343 g/mol. The van der Waals surface area contributed by atoms with Crippen LogP contribution < -0.4 is 5.32 Å². The molecule has 1 N–H and O–H groups in total. The molecule has 0 aromatic heterocycles. The van der Waals surface area contributed by atoms with Gasteiger partial charge in [0, 0.05) is 10.4 Å². The summed E-state index contributed by atoms with van der Waals surface area (Å²) in [7, 11) is 0. The van der Waals surface area contributed by atoms with Gasteiger partial charge in [-0.2, -0.15) is 0 Å². The molecule has 2 aromatic carbocycles. The molecule has 21 heavy (non-hydrogen) atoms. The zero-order valence-electron chi connectivity index (χ0n) is 11.4. The standard InChI is InChI=1S/C18H15BrFN/c19-16-9-3-8-15-13-6-2-7-14(13)17(21-18(15)16)11-4-1-5-12(20)10-11/h1-6,8-10,13-14,17,21H,7H2/t13-,14-,17+/m1/s1. The van der Waals surface area contributed by atoms with E-state index in [0.717, 1.165) is 22.1 Å². The Balaban J connectivity index is 1.83. The van der Waals surface area contributed by atoms with Gasteiger partial charge < -0.3 is 5.32 Å². The van der Waals surface area contributed by atoms with Crippen molar-refractivity contribution in [2.24, 2.45) is 5.92 Å². The Morgan fingerprint density at radius 1 is 1.14 bits per heavy atom. The minimum absolute atomic E-state index is 0.145. The number of rotatable bonds is 1. The van der Waals surface area contributed by atoms with Gasteiger partial charge >= 0.3 is 0 Å². The number of nitrogens with one attached hydrogen (secondary N) is 1. The van der Waals surface area contributed by atoms with Gasteiger partial charge in [0.1, 0.15) is 5.82 Å². The van der Waals surface area contributed by atoms with Crippen molar-refractivity contribution in [1.82, 2.24) is 0 Å². The van der Waals surface area contributed by atoms with Crippen LogP contribution in [0.15, 0.2) is 59.1 Å². The third kappa shape index (κ3) is 2.11. The first-order valence-electron chi connectivity index (χ1n) is 7.21. The fourth-order valence-electron chi connectivity index (χ4n) is 3.61. The number of benzene rings is 2.